The monoisotopic (exact) mass is 830 g/mol. The zero-order valence-corrected chi connectivity index (χ0v) is 32.5. The Labute approximate surface area is 321 Å². The average molecular weight is 832 g/mol. The summed E-state index contributed by atoms with van der Waals surface area (Å²) in [6.45, 7) is 2.52. The minimum absolute atomic E-state index is 0.0756. The van der Waals surface area contributed by atoms with Gasteiger partial charge < -0.3 is 23.3 Å². The molecule has 0 radical (unpaired) electrons. The molecule has 270 valence electrons. The van der Waals surface area contributed by atoms with E-state index in [1.807, 2.05) is 30.3 Å². The van der Waals surface area contributed by atoms with E-state index in [1.54, 1.807) is 55.5 Å². The molecule has 2 heterocycles. The highest BCUT2D eigenvalue weighted by Crippen LogP contribution is 2.44. The molecule has 1 aliphatic rings. The van der Waals surface area contributed by atoms with E-state index < -0.39 is 56.0 Å². The van der Waals surface area contributed by atoms with Gasteiger partial charge in [-0.15, -0.1) is 11.3 Å². The van der Waals surface area contributed by atoms with Crippen LogP contribution in [0.5, 0.6) is 0 Å². The van der Waals surface area contributed by atoms with Gasteiger partial charge in [0.15, 0.2) is 17.9 Å². The number of thiazole rings is 1. The van der Waals surface area contributed by atoms with Gasteiger partial charge in [0.25, 0.3) is 0 Å². The SMILES string of the molecule is CC(OS(C)(=O)=O)=C(C(=O)OC(c1ccccc1)c1ccccc1)N1C[C@H](SSc2cccc3sc([C@@H](C)OC(=O)OCC(Cl)(Cl)Cl)nc23)C1=O. The maximum Gasteiger partial charge on any atom is 0.509 e. The molecule has 2 atom stereocenters. The van der Waals surface area contributed by atoms with Crippen molar-refractivity contribution in [2.75, 3.05) is 19.4 Å². The van der Waals surface area contributed by atoms with Crippen molar-refractivity contribution < 1.29 is 41.2 Å². The van der Waals surface area contributed by atoms with Crippen LogP contribution in [0, 0.1) is 0 Å². The van der Waals surface area contributed by atoms with Crippen LogP contribution in [0.2, 0.25) is 0 Å². The first-order valence-electron chi connectivity index (χ1n) is 14.9. The van der Waals surface area contributed by atoms with E-state index in [1.165, 1.54) is 39.8 Å². The minimum atomic E-state index is -4.04. The van der Waals surface area contributed by atoms with Gasteiger partial charge in [0.05, 0.1) is 16.5 Å². The van der Waals surface area contributed by atoms with Gasteiger partial charge in [-0.3, -0.25) is 4.79 Å². The third kappa shape index (κ3) is 10.5. The summed E-state index contributed by atoms with van der Waals surface area (Å²) in [6, 6.07) is 23.6. The summed E-state index contributed by atoms with van der Waals surface area (Å²) >= 11 is 18.2. The number of likely N-dealkylation sites (tertiary alicyclic amines) is 1. The fourth-order valence-electron chi connectivity index (χ4n) is 4.79. The summed E-state index contributed by atoms with van der Waals surface area (Å²) in [4.78, 5) is 46.0. The Bertz CT molecular complexity index is 2000. The standard InChI is InChI=1S/C33H29Cl3N2O9S4/c1-19(47-51(3,42)43)27(31(40)46-28(21-11-6-4-7-12-21)22-13-8-5-9-14-22)38-17-25(30(38)39)50-49-24-16-10-15-23-26(24)37-29(48-23)20(2)45-32(41)44-18-33(34,35)36/h4-16,20,25,28H,17-18H2,1-3H3/t20-,25+/m1/s1. The van der Waals surface area contributed by atoms with E-state index in [2.05, 4.69) is 4.98 Å². The normalized spacial score (nSPS) is 15.9. The molecule has 18 heteroatoms. The van der Waals surface area contributed by atoms with Gasteiger partial charge in [0.1, 0.15) is 22.6 Å². The molecule has 51 heavy (non-hydrogen) atoms. The predicted molar refractivity (Wildman–Crippen MR) is 199 cm³/mol. The van der Waals surface area contributed by atoms with Crippen molar-refractivity contribution in [3.8, 4) is 0 Å². The average Bonchev–Trinajstić information content (AvgIpc) is 3.52. The second kappa shape index (κ2) is 16.7. The Morgan fingerprint density at radius 1 is 1.00 bits per heavy atom. The molecule has 3 aromatic carbocycles. The first-order valence-corrected chi connectivity index (χ1v) is 20.9. The second-order valence-corrected chi connectivity index (χ2v) is 18.6. The summed E-state index contributed by atoms with van der Waals surface area (Å²) in [5, 5.41) is -0.0927. The Hall–Kier alpha value is -3.18. The first kappa shape index (κ1) is 39.0. The van der Waals surface area contributed by atoms with E-state index in [0.29, 0.717) is 21.7 Å². The van der Waals surface area contributed by atoms with Crippen molar-refractivity contribution >= 4 is 106 Å². The van der Waals surface area contributed by atoms with Crippen LogP contribution in [0.25, 0.3) is 10.2 Å². The lowest BCUT2D eigenvalue weighted by Gasteiger charge is -2.38. The number of benzene rings is 3. The van der Waals surface area contributed by atoms with Gasteiger partial charge in [-0.05, 0) is 37.1 Å². The number of rotatable bonds is 13. The molecule has 1 fully saturated rings. The molecule has 1 aromatic heterocycles. The summed E-state index contributed by atoms with van der Waals surface area (Å²) in [6.07, 6.45) is -1.78. The number of fused-ring (bicyclic) bond motifs is 1. The van der Waals surface area contributed by atoms with E-state index in [0.717, 1.165) is 20.8 Å². The van der Waals surface area contributed by atoms with Crippen molar-refractivity contribution in [1.82, 2.24) is 9.88 Å². The molecule has 4 aromatic rings. The third-order valence-electron chi connectivity index (χ3n) is 7.02. The molecular formula is C33H29Cl3N2O9S4. The van der Waals surface area contributed by atoms with Crippen molar-refractivity contribution in [3.63, 3.8) is 0 Å². The number of nitrogens with zero attached hydrogens (tertiary/aromatic N) is 2. The maximum absolute atomic E-state index is 13.8. The number of halogens is 3. The van der Waals surface area contributed by atoms with Gasteiger partial charge in [0, 0.05) is 11.4 Å². The highest BCUT2D eigenvalue weighted by molar-refractivity contribution is 8.77. The van der Waals surface area contributed by atoms with E-state index >= 15 is 0 Å². The highest BCUT2D eigenvalue weighted by Gasteiger charge is 2.44. The predicted octanol–water partition coefficient (Wildman–Crippen LogP) is 8.37. The Kier molecular flexibility index (Phi) is 12.7. The van der Waals surface area contributed by atoms with Crippen LogP contribution < -0.4 is 0 Å². The lowest BCUT2D eigenvalue weighted by atomic mass is 10.0. The smallest absolute Gasteiger partial charge is 0.448 e. The Morgan fingerprint density at radius 3 is 2.20 bits per heavy atom. The number of β-lactam (4-membered cyclic amide) rings is 1. The van der Waals surface area contributed by atoms with Gasteiger partial charge in [-0.2, -0.15) is 8.42 Å². The van der Waals surface area contributed by atoms with Crippen molar-refractivity contribution in [2.45, 2.75) is 40.0 Å². The molecule has 0 aliphatic carbocycles. The molecular weight excluding hydrogens is 803 g/mol. The first-order chi connectivity index (χ1) is 24.1. The number of para-hydroxylation sites is 1. The number of aromatic nitrogens is 1. The number of amides is 1. The van der Waals surface area contributed by atoms with Crippen LogP contribution in [0.3, 0.4) is 0 Å². The van der Waals surface area contributed by atoms with Crippen molar-refractivity contribution in [1.29, 1.82) is 0 Å². The molecule has 0 N–H and O–H groups in total. The van der Waals surface area contributed by atoms with Crippen LogP contribution in [0.15, 0.2) is 95.2 Å². The highest BCUT2D eigenvalue weighted by atomic mass is 35.6. The van der Waals surface area contributed by atoms with Gasteiger partial charge in [-0.25, -0.2) is 14.6 Å². The number of hydrogen-bond donors (Lipinski definition) is 0. The summed E-state index contributed by atoms with van der Waals surface area (Å²) in [5.41, 5.74) is 1.69. The van der Waals surface area contributed by atoms with Crippen LogP contribution >= 0.6 is 67.7 Å². The van der Waals surface area contributed by atoms with E-state index in [9.17, 15) is 22.8 Å². The number of hydrogen-bond acceptors (Lipinski definition) is 13. The largest absolute Gasteiger partial charge is 0.509 e. The lowest BCUT2D eigenvalue weighted by molar-refractivity contribution is -0.150. The van der Waals surface area contributed by atoms with Crippen molar-refractivity contribution in [2.24, 2.45) is 0 Å². The summed E-state index contributed by atoms with van der Waals surface area (Å²) < 4.78 is 44.3. The molecule has 0 spiro atoms. The molecule has 1 amide bonds. The molecule has 1 aliphatic heterocycles. The molecule has 5 rings (SSSR count). The number of carbonyl (C=O) groups excluding carboxylic acids is 3. The number of ether oxygens (including phenoxy) is 3. The third-order valence-corrected chi connectivity index (χ3v) is 11.8. The number of allylic oxidation sites excluding steroid dienone is 1. The summed E-state index contributed by atoms with van der Waals surface area (Å²) in [7, 11) is -1.47. The molecule has 1 saturated heterocycles. The van der Waals surface area contributed by atoms with E-state index in [-0.39, 0.29) is 18.0 Å². The fraction of sp³-hybridized carbons (Fsp3) is 0.273. The number of esters is 1. The van der Waals surface area contributed by atoms with Crippen LogP contribution in [0.4, 0.5) is 4.79 Å². The van der Waals surface area contributed by atoms with Gasteiger partial charge in [0.2, 0.25) is 9.70 Å². The quantitative estimate of drug-likeness (QED) is 0.0243. The minimum Gasteiger partial charge on any atom is -0.448 e. The maximum atomic E-state index is 13.8. The van der Waals surface area contributed by atoms with Gasteiger partial charge >= 0.3 is 22.2 Å². The molecule has 0 saturated carbocycles. The number of alkyl halides is 3. The van der Waals surface area contributed by atoms with Crippen LogP contribution in [-0.4, -0.2) is 64.8 Å². The van der Waals surface area contributed by atoms with Gasteiger partial charge in [-0.1, -0.05) is 123 Å². The molecule has 0 bridgehead atoms. The Morgan fingerprint density at radius 2 is 1.63 bits per heavy atom. The molecule has 0 unspecified atom stereocenters. The molecule has 11 nitrogen and oxygen atoms in total. The fourth-order valence-corrected chi connectivity index (χ4v) is 9.02. The van der Waals surface area contributed by atoms with Crippen LogP contribution in [0.1, 0.15) is 42.2 Å². The second-order valence-electron chi connectivity index (χ2n) is 11.0. The van der Waals surface area contributed by atoms with Crippen LogP contribution in [-0.2, 0) is 38.1 Å². The Balaban J connectivity index is 1.29. The zero-order valence-electron chi connectivity index (χ0n) is 27.0. The zero-order chi connectivity index (χ0) is 36.9. The topological polar surface area (TPSA) is 138 Å². The number of carbonyl (C=O) groups is 3. The van der Waals surface area contributed by atoms with Crippen molar-refractivity contribution in [3.05, 3.63) is 106 Å². The summed E-state index contributed by atoms with van der Waals surface area (Å²) in [5.74, 6) is -1.65. The van der Waals surface area contributed by atoms with E-state index in [4.69, 9.17) is 53.2 Å². The lowest BCUT2D eigenvalue weighted by Crippen LogP contribution is -2.55.